The Labute approximate surface area is 235 Å². The highest BCUT2D eigenvalue weighted by molar-refractivity contribution is 6.00. The van der Waals surface area contributed by atoms with Crippen molar-refractivity contribution in [1.29, 1.82) is 0 Å². The summed E-state index contributed by atoms with van der Waals surface area (Å²) in [5.41, 5.74) is 9.70. The number of nitrogens with zero attached hydrogens (tertiary/aromatic N) is 1. The fourth-order valence-electron chi connectivity index (χ4n) is 6.64. The van der Waals surface area contributed by atoms with Gasteiger partial charge in [-0.2, -0.15) is 0 Å². The van der Waals surface area contributed by atoms with Crippen LogP contribution in [0.4, 0.5) is 14.6 Å². The van der Waals surface area contributed by atoms with Crippen molar-refractivity contribution in [2.24, 2.45) is 0 Å². The molecular formula is C34H38F2N2O2. The van der Waals surface area contributed by atoms with Gasteiger partial charge in [-0.25, -0.2) is 0 Å². The van der Waals surface area contributed by atoms with Gasteiger partial charge in [-0.15, -0.1) is 0 Å². The van der Waals surface area contributed by atoms with E-state index < -0.39 is 0 Å². The Balaban J connectivity index is 1.35. The van der Waals surface area contributed by atoms with Crippen LogP contribution >= 0.6 is 0 Å². The molecule has 40 heavy (non-hydrogen) atoms. The maximum absolute atomic E-state index is 13.1. The van der Waals surface area contributed by atoms with Crippen LogP contribution in [-0.4, -0.2) is 42.9 Å². The zero-order chi connectivity index (χ0) is 27.7. The lowest BCUT2D eigenvalue weighted by Crippen LogP contribution is -2.26. The summed E-state index contributed by atoms with van der Waals surface area (Å²) < 4.78 is 32.0. The van der Waals surface area contributed by atoms with Crippen LogP contribution in [0.5, 0.6) is 11.5 Å². The van der Waals surface area contributed by atoms with Crippen LogP contribution in [0.15, 0.2) is 60.7 Å². The summed E-state index contributed by atoms with van der Waals surface area (Å²) in [5, 5.41) is 3.64. The predicted molar refractivity (Wildman–Crippen MR) is 157 cm³/mol. The molecule has 1 saturated heterocycles. The molecule has 0 radical (unpaired) electrons. The fraction of sp³-hybridized carbons (Fsp3) is 0.412. The van der Waals surface area contributed by atoms with Crippen LogP contribution in [0.3, 0.4) is 0 Å². The van der Waals surface area contributed by atoms with Gasteiger partial charge in [0.1, 0.15) is 11.9 Å². The second-order valence-corrected chi connectivity index (χ2v) is 12.1. The summed E-state index contributed by atoms with van der Waals surface area (Å²) in [6.45, 7) is 6.78. The zero-order valence-electron chi connectivity index (χ0n) is 23.4. The van der Waals surface area contributed by atoms with Crippen molar-refractivity contribution in [1.82, 2.24) is 4.90 Å². The minimum absolute atomic E-state index is 0.0520. The number of hydrogen-bond acceptors (Lipinski definition) is 4. The summed E-state index contributed by atoms with van der Waals surface area (Å²) in [6, 6.07) is 20.7. The molecule has 1 fully saturated rings. The van der Waals surface area contributed by atoms with Gasteiger partial charge in [-0.05, 0) is 128 Å². The number of fused-ring (bicyclic) bond motifs is 2. The van der Waals surface area contributed by atoms with E-state index in [1.807, 2.05) is 12.1 Å². The van der Waals surface area contributed by atoms with Gasteiger partial charge in [-0.3, -0.25) is 14.2 Å². The molecule has 1 atom stereocenters. The molecule has 0 saturated carbocycles. The molecule has 6 rings (SSSR count). The Morgan fingerprint density at radius 1 is 0.950 bits per heavy atom. The molecule has 1 aliphatic carbocycles. The number of anilines is 1. The number of benzene rings is 3. The number of alkyl halides is 1. The van der Waals surface area contributed by atoms with Crippen molar-refractivity contribution in [2.75, 3.05) is 31.6 Å². The van der Waals surface area contributed by atoms with Gasteiger partial charge in [0.05, 0.1) is 6.67 Å². The maximum Gasteiger partial charge on any atom is 0.172 e. The quantitative estimate of drug-likeness (QED) is 0.314. The smallest absolute Gasteiger partial charge is 0.172 e. The second-order valence-electron chi connectivity index (χ2n) is 12.1. The zero-order valence-corrected chi connectivity index (χ0v) is 23.4. The number of hydrogen-bond donors (Lipinski definition) is 1. The first-order chi connectivity index (χ1) is 19.4. The van der Waals surface area contributed by atoms with E-state index in [4.69, 9.17) is 4.74 Å². The average Bonchev–Trinajstić information content (AvgIpc) is 3.47. The molecule has 4 nitrogen and oxygen atoms in total. The van der Waals surface area contributed by atoms with Crippen LogP contribution in [0.1, 0.15) is 67.3 Å². The topological polar surface area (TPSA) is 33.7 Å². The normalized spacial score (nSPS) is 20.1. The van der Waals surface area contributed by atoms with Gasteiger partial charge >= 0.3 is 0 Å². The highest BCUT2D eigenvalue weighted by atomic mass is 19.3. The Morgan fingerprint density at radius 2 is 1.75 bits per heavy atom. The van der Waals surface area contributed by atoms with E-state index in [9.17, 15) is 8.92 Å². The van der Waals surface area contributed by atoms with Crippen molar-refractivity contribution in [3.05, 3.63) is 88.5 Å². The molecule has 210 valence electrons. The Morgan fingerprint density at radius 3 is 2.55 bits per heavy atom. The van der Waals surface area contributed by atoms with Gasteiger partial charge in [0, 0.05) is 35.4 Å². The molecule has 2 heterocycles. The van der Waals surface area contributed by atoms with E-state index in [0.29, 0.717) is 6.42 Å². The first-order valence-corrected chi connectivity index (χ1v) is 14.5. The SMILES string of the molecule is CC1(C)Cc2cc(C3=C(c4ccc(OC5CCN(CCCF)C5)cc4)c4ccc(OF)cc4CCC3)ccc2N1. The highest BCUT2D eigenvalue weighted by Crippen LogP contribution is 2.43. The summed E-state index contributed by atoms with van der Waals surface area (Å²) in [4.78, 5) is 6.37. The molecule has 3 aromatic carbocycles. The minimum Gasteiger partial charge on any atom is -0.489 e. The maximum atomic E-state index is 13.1. The Bertz CT molecular complexity index is 1400. The van der Waals surface area contributed by atoms with Crippen molar-refractivity contribution in [3.8, 4) is 11.5 Å². The lowest BCUT2D eigenvalue weighted by Gasteiger charge is -2.19. The van der Waals surface area contributed by atoms with E-state index >= 15 is 0 Å². The van der Waals surface area contributed by atoms with Crippen molar-refractivity contribution in [2.45, 2.75) is 64.0 Å². The Kier molecular flexibility index (Phi) is 7.54. The van der Waals surface area contributed by atoms with Crippen LogP contribution in [-0.2, 0) is 12.8 Å². The standard InChI is InChI=1S/C34H38F2N2O2/c1-34(2)21-26-19-25(9-14-32(26)37-34)30-6-3-5-24-20-28(40-36)12-13-31(24)33(30)23-7-10-27(11-8-23)39-29-15-18-38(22-29)17-4-16-35/h7-14,19-20,29,37H,3-6,15-18,21-22H2,1-2H3. The van der Waals surface area contributed by atoms with E-state index in [-0.39, 0.29) is 24.1 Å². The first kappa shape index (κ1) is 26.8. The fourth-order valence-corrected chi connectivity index (χ4v) is 6.64. The minimum atomic E-state index is -0.271. The van der Waals surface area contributed by atoms with E-state index in [1.165, 1.54) is 28.0 Å². The van der Waals surface area contributed by atoms with Crippen LogP contribution in [0.2, 0.25) is 0 Å². The number of likely N-dealkylation sites (tertiary alicyclic amines) is 1. The van der Waals surface area contributed by atoms with Crippen LogP contribution in [0, 0.1) is 0 Å². The lowest BCUT2D eigenvalue weighted by atomic mass is 9.87. The second kappa shape index (κ2) is 11.2. The van der Waals surface area contributed by atoms with Gasteiger partial charge < -0.3 is 10.1 Å². The number of halogens is 2. The Hall–Kier alpha value is -3.38. The predicted octanol–water partition coefficient (Wildman–Crippen LogP) is 7.80. The number of nitrogens with one attached hydrogen (secondary N) is 1. The van der Waals surface area contributed by atoms with Crippen molar-refractivity contribution >= 4 is 16.8 Å². The van der Waals surface area contributed by atoms with E-state index in [0.717, 1.165) is 74.2 Å². The van der Waals surface area contributed by atoms with E-state index in [1.54, 1.807) is 6.07 Å². The molecule has 6 heteroatoms. The molecule has 0 aromatic heterocycles. The molecule has 3 aromatic rings. The summed E-state index contributed by atoms with van der Waals surface area (Å²) >= 11 is 0. The third-order valence-corrected chi connectivity index (χ3v) is 8.45. The molecule has 3 aliphatic rings. The number of ether oxygens (including phenoxy) is 1. The molecule has 0 amide bonds. The van der Waals surface area contributed by atoms with Crippen molar-refractivity contribution in [3.63, 3.8) is 0 Å². The van der Waals surface area contributed by atoms with Gasteiger partial charge in [-0.1, -0.05) is 24.3 Å². The molecule has 2 aliphatic heterocycles. The number of allylic oxidation sites excluding steroid dienone is 1. The third-order valence-electron chi connectivity index (χ3n) is 8.45. The summed E-state index contributed by atoms with van der Waals surface area (Å²) in [5.74, 6) is 1.09. The van der Waals surface area contributed by atoms with E-state index in [2.05, 4.69) is 71.5 Å². The van der Waals surface area contributed by atoms with Crippen molar-refractivity contribution < 1.29 is 18.6 Å². The van der Waals surface area contributed by atoms with Gasteiger partial charge in [0.2, 0.25) is 0 Å². The van der Waals surface area contributed by atoms with Gasteiger partial charge in [0.15, 0.2) is 5.75 Å². The monoisotopic (exact) mass is 544 g/mol. The lowest BCUT2D eigenvalue weighted by molar-refractivity contribution is -0.00629. The molecule has 0 bridgehead atoms. The first-order valence-electron chi connectivity index (χ1n) is 14.5. The number of rotatable bonds is 8. The molecule has 1 N–H and O–H groups in total. The highest BCUT2D eigenvalue weighted by Gasteiger charge is 2.29. The third kappa shape index (κ3) is 5.60. The van der Waals surface area contributed by atoms with Gasteiger partial charge in [0.25, 0.3) is 0 Å². The summed E-state index contributed by atoms with van der Waals surface area (Å²) in [6.07, 6.45) is 5.43. The molecule has 1 unspecified atom stereocenters. The molecule has 0 spiro atoms. The largest absolute Gasteiger partial charge is 0.489 e. The van der Waals surface area contributed by atoms with Crippen LogP contribution in [0.25, 0.3) is 11.1 Å². The number of aryl methyl sites for hydroxylation is 1. The van der Waals surface area contributed by atoms with Crippen LogP contribution < -0.4 is 15.0 Å². The molecular weight excluding hydrogens is 506 g/mol. The average molecular weight is 545 g/mol. The summed E-state index contributed by atoms with van der Waals surface area (Å²) in [7, 11) is 0.